The van der Waals surface area contributed by atoms with Crippen LogP contribution < -0.4 is 11.1 Å². The molecule has 0 unspecified atom stereocenters. The van der Waals surface area contributed by atoms with Gasteiger partial charge in [-0.1, -0.05) is 31.9 Å². The van der Waals surface area contributed by atoms with E-state index in [2.05, 4.69) is 24.4 Å². The predicted molar refractivity (Wildman–Crippen MR) is 83.8 cm³/mol. The third kappa shape index (κ3) is 7.85. The van der Waals surface area contributed by atoms with Crippen LogP contribution in [0.2, 0.25) is 0 Å². The topological polar surface area (TPSA) is 55.1 Å². The van der Waals surface area contributed by atoms with Gasteiger partial charge in [0.25, 0.3) is 0 Å². The summed E-state index contributed by atoms with van der Waals surface area (Å²) in [7, 11) is 0. The first-order valence-electron chi connectivity index (χ1n) is 6.85. The second-order valence-electron chi connectivity index (χ2n) is 4.59. The zero-order chi connectivity index (χ0) is 13.2. The molecule has 0 heterocycles. The average Bonchev–Trinajstić information content (AvgIpc) is 2.39. The number of nitrogens with two attached hydrogens (primary N) is 1. The van der Waals surface area contributed by atoms with Crippen LogP contribution in [0.3, 0.4) is 0 Å². The van der Waals surface area contributed by atoms with Gasteiger partial charge in [-0.15, -0.1) is 12.4 Å². The monoisotopic (exact) mass is 284 g/mol. The molecule has 0 atom stereocenters. The fourth-order valence-electron chi connectivity index (χ4n) is 1.82. The van der Waals surface area contributed by atoms with Crippen LogP contribution in [0.15, 0.2) is 24.3 Å². The molecule has 0 aliphatic rings. The van der Waals surface area contributed by atoms with Crippen molar-refractivity contribution in [3.05, 3.63) is 29.8 Å². The van der Waals surface area contributed by atoms with Gasteiger partial charge in [-0.2, -0.15) is 0 Å². The van der Waals surface area contributed by atoms with Crippen LogP contribution in [0, 0.1) is 0 Å². The molecule has 0 spiro atoms. The molecule has 0 fully saturated rings. The summed E-state index contributed by atoms with van der Waals surface area (Å²) in [6.45, 7) is 2.77. The van der Waals surface area contributed by atoms with E-state index in [0.29, 0.717) is 13.0 Å². The van der Waals surface area contributed by atoms with Crippen LogP contribution in [0.1, 0.15) is 44.6 Å². The minimum Gasteiger partial charge on any atom is -0.330 e. The fraction of sp³-hybridized carbons (Fsp3) is 0.533. The maximum absolute atomic E-state index is 11.5. The number of carbonyl (C=O) groups excluding carboxylic acids is 1. The Balaban J connectivity index is 0.00000324. The summed E-state index contributed by atoms with van der Waals surface area (Å²) in [4.78, 5) is 11.5. The van der Waals surface area contributed by atoms with E-state index in [9.17, 15) is 4.79 Å². The van der Waals surface area contributed by atoms with Gasteiger partial charge in [-0.3, -0.25) is 4.79 Å². The SMILES string of the molecule is CCCCCc1ccc(NC(=O)CCCN)cc1.Cl. The first-order valence-corrected chi connectivity index (χ1v) is 6.85. The average molecular weight is 285 g/mol. The van der Waals surface area contributed by atoms with Crippen LogP contribution >= 0.6 is 12.4 Å². The van der Waals surface area contributed by atoms with Crippen molar-refractivity contribution >= 4 is 24.0 Å². The largest absolute Gasteiger partial charge is 0.330 e. The number of benzene rings is 1. The second kappa shape index (κ2) is 10.8. The molecule has 0 aliphatic heterocycles. The summed E-state index contributed by atoms with van der Waals surface area (Å²) in [6, 6.07) is 8.13. The third-order valence-electron chi connectivity index (χ3n) is 2.91. The minimum atomic E-state index is 0. The number of rotatable bonds is 8. The molecule has 3 nitrogen and oxygen atoms in total. The van der Waals surface area contributed by atoms with Gasteiger partial charge in [-0.25, -0.2) is 0 Å². The lowest BCUT2D eigenvalue weighted by atomic mass is 10.1. The first kappa shape index (κ1) is 17.9. The van der Waals surface area contributed by atoms with Crippen molar-refractivity contribution in [1.82, 2.24) is 0 Å². The number of amides is 1. The molecule has 108 valence electrons. The summed E-state index contributed by atoms with van der Waals surface area (Å²) < 4.78 is 0. The summed E-state index contributed by atoms with van der Waals surface area (Å²) in [6.07, 6.45) is 6.11. The number of hydrogen-bond donors (Lipinski definition) is 2. The molecule has 19 heavy (non-hydrogen) atoms. The highest BCUT2D eigenvalue weighted by atomic mass is 35.5. The van der Waals surface area contributed by atoms with E-state index >= 15 is 0 Å². The van der Waals surface area contributed by atoms with Gasteiger partial charge in [0.1, 0.15) is 0 Å². The second-order valence-corrected chi connectivity index (χ2v) is 4.59. The number of nitrogens with one attached hydrogen (secondary N) is 1. The maximum atomic E-state index is 11.5. The maximum Gasteiger partial charge on any atom is 0.224 e. The van der Waals surface area contributed by atoms with Crippen molar-refractivity contribution in [3.8, 4) is 0 Å². The number of halogens is 1. The summed E-state index contributed by atoms with van der Waals surface area (Å²) in [5, 5.41) is 2.88. The Hall–Kier alpha value is -1.06. The van der Waals surface area contributed by atoms with E-state index in [1.807, 2.05) is 12.1 Å². The highest BCUT2D eigenvalue weighted by Crippen LogP contribution is 2.12. The Morgan fingerprint density at radius 2 is 1.84 bits per heavy atom. The minimum absolute atomic E-state index is 0. The molecule has 0 aliphatic carbocycles. The number of aryl methyl sites for hydroxylation is 1. The zero-order valence-electron chi connectivity index (χ0n) is 11.7. The molecule has 4 heteroatoms. The number of unbranched alkanes of at least 4 members (excludes halogenated alkanes) is 2. The van der Waals surface area contributed by atoms with Crippen molar-refractivity contribution in [2.75, 3.05) is 11.9 Å². The Morgan fingerprint density at radius 3 is 2.42 bits per heavy atom. The predicted octanol–water partition coefficient (Wildman–Crippen LogP) is 3.52. The Morgan fingerprint density at radius 1 is 1.16 bits per heavy atom. The van der Waals surface area contributed by atoms with E-state index in [0.717, 1.165) is 18.5 Å². The van der Waals surface area contributed by atoms with Crippen molar-refractivity contribution < 1.29 is 4.79 Å². The Bertz CT molecular complexity index is 352. The first-order chi connectivity index (χ1) is 8.76. The van der Waals surface area contributed by atoms with Gasteiger partial charge in [0.05, 0.1) is 0 Å². The smallest absolute Gasteiger partial charge is 0.224 e. The van der Waals surface area contributed by atoms with E-state index in [4.69, 9.17) is 5.73 Å². The molecular weight excluding hydrogens is 260 g/mol. The molecule has 0 saturated heterocycles. The third-order valence-corrected chi connectivity index (χ3v) is 2.91. The van der Waals surface area contributed by atoms with E-state index in [1.165, 1.54) is 24.8 Å². The molecule has 3 N–H and O–H groups in total. The number of carbonyl (C=O) groups is 1. The summed E-state index contributed by atoms with van der Waals surface area (Å²) in [5.74, 6) is 0.0409. The molecule has 1 amide bonds. The number of hydrogen-bond acceptors (Lipinski definition) is 2. The lowest BCUT2D eigenvalue weighted by Gasteiger charge is -2.06. The fourth-order valence-corrected chi connectivity index (χ4v) is 1.82. The van der Waals surface area contributed by atoms with Crippen molar-refractivity contribution in [1.29, 1.82) is 0 Å². The summed E-state index contributed by atoms with van der Waals surface area (Å²) >= 11 is 0. The molecule has 0 radical (unpaired) electrons. The van der Waals surface area contributed by atoms with Gasteiger partial charge in [0, 0.05) is 12.1 Å². The van der Waals surface area contributed by atoms with Gasteiger partial charge in [0.15, 0.2) is 0 Å². The number of anilines is 1. The van der Waals surface area contributed by atoms with Crippen LogP contribution in [-0.4, -0.2) is 12.5 Å². The van der Waals surface area contributed by atoms with Crippen molar-refractivity contribution in [2.45, 2.75) is 45.4 Å². The molecule has 1 rings (SSSR count). The van der Waals surface area contributed by atoms with Crippen molar-refractivity contribution in [3.63, 3.8) is 0 Å². The zero-order valence-corrected chi connectivity index (χ0v) is 12.5. The molecule has 1 aromatic rings. The van der Waals surface area contributed by atoms with E-state index in [-0.39, 0.29) is 18.3 Å². The van der Waals surface area contributed by atoms with Crippen LogP contribution in [0.4, 0.5) is 5.69 Å². The molecule has 0 aromatic heterocycles. The van der Waals surface area contributed by atoms with Gasteiger partial charge in [0.2, 0.25) is 5.91 Å². The normalized spacial score (nSPS) is 9.79. The molecule has 0 bridgehead atoms. The van der Waals surface area contributed by atoms with Gasteiger partial charge < -0.3 is 11.1 Å². The Labute approximate surface area is 122 Å². The quantitative estimate of drug-likeness (QED) is 0.718. The lowest BCUT2D eigenvalue weighted by molar-refractivity contribution is -0.116. The van der Waals surface area contributed by atoms with Crippen LogP contribution in [0.25, 0.3) is 0 Å². The van der Waals surface area contributed by atoms with Crippen LogP contribution in [0.5, 0.6) is 0 Å². The molecule has 0 saturated carbocycles. The van der Waals surface area contributed by atoms with E-state index < -0.39 is 0 Å². The Kier molecular flexibility index (Phi) is 10.2. The molecular formula is C15H25ClN2O. The highest BCUT2D eigenvalue weighted by molar-refractivity contribution is 5.90. The van der Waals surface area contributed by atoms with Crippen LogP contribution in [-0.2, 0) is 11.2 Å². The van der Waals surface area contributed by atoms with Crippen molar-refractivity contribution in [2.24, 2.45) is 5.73 Å². The lowest BCUT2D eigenvalue weighted by Crippen LogP contribution is -2.13. The highest BCUT2D eigenvalue weighted by Gasteiger charge is 2.01. The molecule has 1 aromatic carbocycles. The van der Waals surface area contributed by atoms with Gasteiger partial charge >= 0.3 is 0 Å². The van der Waals surface area contributed by atoms with Gasteiger partial charge in [-0.05, 0) is 43.5 Å². The summed E-state index contributed by atoms with van der Waals surface area (Å²) in [5.41, 5.74) is 7.58. The standard InChI is InChI=1S/C15H24N2O.ClH/c1-2-3-4-6-13-8-10-14(11-9-13)17-15(18)7-5-12-16;/h8-11H,2-7,12,16H2,1H3,(H,17,18);1H. The van der Waals surface area contributed by atoms with E-state index in [1.54, 1.807) is 0 Å².